The van der Waals surface area contributed by atoms with Gasteiger partial charge in [0, 0.05) is 0 Å². The van der Waals surface area contributed by atoms with E-state index < -0.39 is 36.6 Å². The number of nitrogen functional groups attached to an aromatic ring is 1. The predicted molar refractivity (Wildman–Crippen MR) is 99.3 cm³/mol. The molecule has 4 atom stereocenters. The van der Waals surface area contributed by atoms with Crippen molar-refractivity contribution in [1.82, 2.24) is 14.6 Å². The molecular formula is C18H24N5O5+. The summed E-state index contributed by atoms with van der Waals surface area (Å²) in [7, 11) is 0. The Morgan fingerprint density at radius 3 is 2.82 bits per heavy atom. The summed E-state index contributed by atoms with van der Waals surface area (Å²) >= 11 is 0. The molecule has 0 aliphatic carbocycles. The summed E-state index contributed by atoms with van der Waals surface area (Å²) in [6, 6.07) is 3.30. The SMILES string of the molecule is C#[N+][C@]1(COC(=O)CC(C)(C)C)O[C@@H](c2ccc3c(N)ncnn23)[C@H](O)[C@@H]1O. The van der Waals surface area contributed by atoms with E-state index in [1.165, 1.54) is 10.8 Å². The summed E-state index contributed by atoms with van der Waals surface area (Å²) in [5, 5.41) is 25.2. The summed E-state index contributed by atoms with van der Waals surface area (Å²) in [5.74, 6) is -0.238. The zero-order chi connectivity index (χ0) is 20.7. The molecule has 0 unspecified atom stereocenters. The molecule has 1 fully saturated rings. The summed E-state index contributed by atoms with van der Waals surface area (Å²) in [6.07, 6.45) is -2.51. The lowest BCUT2D eigenvalue weighted by molar-refractivity contribution is -0.157. The first kappa shape index (κ1) is 20.0. The van der Waals surface area contributed by atoms with Gasteiger partial charge < -0.3 is 20.7 Å². The normalized spacial score (nSPS) is 27.6. The van der Waals surface area contributed by atoms with Crippen LogP contribution in [0.3, 0.4) is 0 Å². The van der Waals surface area contributed by atoms with Crippen LogP contribution in [0.25, 0.3) is 10.4 Å². The Bertz CT molecular complexity index is 931. The van der Waals surface area contributed by atoms with Crippen LogP contribution in [-0.2, 0) is 14.3 Å². The van der Waals surface area contributed by atoms with Crippen LogP contribution in [0.15, 0.2) is 18.5 Å². The number of hydrogen-bond donors (Lipinski definition) is 3. The molecule has 0 saturated carbocycles. The quantitative estimate of drug-likeness (QED) is 0.650. The Kier molecular flexibility index (Phi) is 5.01. The van der Waals surface area contributed by atoms with Crippen LogP contribution in [-0.4, -0.2) is 55.3 Å². The number of rotatable bonds is 4. The van der Waals surface area contributed by atoms with Gasteiger partial charge in [-0.2, -0.15) is 5.10 Å². The van der Waals surface area contributed by atoms with Crippen molar-refractivity contribution in [3.8, 4) is 6.57 Å². The maximum absolute atomic E-state index is 12.0. The molecule has 2 aromatic heterocycles. The van der Waals surface area contributed by atoms with Gasteiger partial charge >= 0.3 is 11.7 Å². The zero-order valence-corrected chi connectivity index (χ0v) is 15.9. The van der Waals surface area contributed by atoms with Crippen LogP contribution < -0.4 is 5.73 Å². The summed E-state index contributed by atoms with van der Waals surface area (Å²) in [5.41, 5.74) is 4.68. The van der Waals surface area contributed by atoms with E-state index in [2.05, 4.69) is 14.9 Å². The number of aliphatic hydroxyl groups is 2. The van der Waals surface area contributed by atoms with Crippen LogP contribution in [0.4, 0.5) is 5.82 Å². The Morgan fingerprint density at radius 2 is 2.18 bits per heavy atom. The molecule has 2 aromatic rings. The maximum Gasteiger partial charge on any atom is 0.447 e. The first-order valence-corrected chi connectivity index (χ1v) is 8.78. The molecule has 0 bridgehead atoms. The highest BCUT2D eigenvalue weighted by Gasteiger charge is 2.65. The number of carbonyl (C=O) groups excluding carboxylic acids is 1. The van der Waals surface area contributed by atoms with E-state index in [0.29, 0.717) is 11.2 Å². The van der Waals surface area contributed by atoms with Crippen molar-refractivity contribution in [3.63, 3.8) is 0 Å². The lowest BCUT2D eigenvalue weighted by Gasteiger charge is -2.19. The number of aliphatic hydroxyl groups excluding tert-OH is 2. The molecule has 10 heteroatoms. The monoisotopic (exact) mass is 390 g/mol. The number of hydrogen-bond acceptors (Lipinski definition) is 8. The van der Waals surface area contributed by atoms with Gasteiger partial charge in [0.15, 0.2) is 11.9 Å². The minimum Gasteiger partial charge on any atom is -0.454 e. The zero-order valence-electron chi connectivity index (χ0n) is 15.9. The first-order chi connectivity index (χ1) is 13.1. The van der Waals surface area contributed by atoms with E-state index in [4.69, 9.17) is 21.8 Å². The Hall–Kier alpha value is -2.74. The lowest BCUT2D eigenvalue weighted by Crippen LogP contribution is -2.44. The third kappa shape index (κ3) is 3.52. The number of nitrogens with two attached hydrogens (primary N) is 1. The van der Waals surface area contributed by atoms with E-state index in [1.54, 1.807) is 12.1 Å². The highest BCUT2D eigenvalue weighted by molar-refractivity contribution is 5.70. The number of ether oxygens (including phenoxy) is 2. The van der Waals surface area contributed by atoms with Crippen molar-refractivity contribution in [2.24, 2.45) is 5.41 Å². The van der Waals surface area contributed by atoms with Crippen molar-refractivity contribution in [2.45, 2.75) is 51.2 Å². The summed E-state index contributed by atoms with van der Waals surface area (Å²) in [6.45, 7) is 10.7. The summed E-state index contributed by atoms with van der Waals surface area (Å²) in [4.78, 5) is 19.5. The van der Waals surface area contributed by atoms with Gasteiger partial charge in [-0.05, 0) is 22.4 Å². The molecule has 0 amide bonds. The molecule has 1 saturated heterocycles. The van der Waals surface area contributed by atoms with Crippen LogP contribution in [0, 0.1) is 12.0 Å². The molecule has 0 aromatic carbocycles. The minimum atomic E-state index is -1.81. The third-order valence-corrected chi connectivity index (χ3v) is 4.56. The average Bonchev–Trinajstić information content (AvgIpc) is 3.14. The van der Waals surface area contributed by atoms with Gasteiger partial charge in [-0.1, -0.05) is 20.8 Å². The smallest absolute Gasteiger partial charge is 0.447 e. The molecule has 150 valence electrons. The number of anilines is 1. The van der Waals surface area contributed by atoms with Crippen molar-refractivity contribution < 1.29 is 24.5 Å². The first-order valence-electron chi connectivity index (χ1n) is 8.78. The highest BCUT2D eigenvalue weighted by atomic mass is 16.6. The maximum atomic E-state index is 12.0. The second-order valence-electron chi connectivity index (χ2n) is 8.05. The number of aromatic nitrogens is 3. The highest BCUT2D eigenvalue weighted by Crippen LogP contribution is 2.42. The van der Waals surface area contributed by atoms with Crippen LogP contribution in [0.1, 0.15) is 39.0 Å². The fourth-order valence-corrected chi connectivity index (χ4v) is 3.15. The molecule has 28 heavy (non-hydrogen) atoms. The molecule has 10 nitrogen and oxygen atoms in total. The molecule has 4 N–H and O–H groups in total. The number of nitrogens with zero attached hydrogens (tertiary/aromatic N) is 4. The Labute approximate surface area is 161 Å². The van der Waals surface area contributed by atoms with Gasteiger partial charge in [-0.15, -0.1) is 0 Å². The van der Waals surface area contributed by atoms with E-state index in [9.17, 15) is 15.0 Å². The van der Waals surface area contributed by atoms with Gasteiger partial charge in [0.05, 0.1) is 12.1 Å². The van der Waals surface area contributed by atoms with Gasteiger partial charge in [0.25, 0.3) is 6.57 Å². The molecule has 0 spiro atoms. The van der Waals surface area contributed by atoms with Crippen LogP contribution in [0.2, 0.25) is 0 Å². The van der Waals surface area contributed by atoms with Gasteiger partial charge in [-0.25, -0.2) is 9.50 Å². The van der Waals surface area contributed by atoms with E-state index in [1.807, 2.05) is 20.8 Å². The largest absolute Gasteiger partial charge is 0.454 e. The van der Waals surface area contributed by atoms with Crippen molar-refractivity contribution in [2.75, 3.05) is 12.3 Å². The Balaban J connectivity index is 1.84. The van der Waals surface area contributed by atoms with Gasteiger partial charge in [-0.3, -0.25) is 9.53 Å². The lowest BCUT2D eigenvalue weighted by atomic mass is 9.92. The van der Waals surface area contributed by atoms with Gasteiger partial charge in [0.1, 0.15) is 24.1 Å². The molecule has 0 radical (unpaired) electrons. The van der Waals surface area contributed by atoms with Crippen molar-refractivity contribution in [1.29, 1.82) is 0 Å². The van der Waals surface area contributed by atoms with Crippen LogP contribution in [0.5, 0.6) is 0 Å². The third-order valence-electron chi connectivity index (χ3n) is 4.56. The number of carbonyl (C=O) groups is 1. The fourth-order valence-electron chi connectivity index (χ4n) is 3.15. The van der Waals surface area contributed by atoms with Gasteiger partial charge in [0.2, 0.25) is 6.61 Å². The van der Waals surface area contributed by atoms with E-state index in [-0.39, 0.29) is 17.7 Å². The number of esters is 1. The average molecular weight is 390 g/mol. The second kappa shape index (κ2) is 7.01. The topological polar surface area (TPSA) is 137 Å². The molecule has 1 aliphatic heterocycles. The molecular weight excluding hydrogens is 366 g/mol. The van der Waals surface area contributed by atoms with E-state index >= 15 is 0 Å². The van der Waals surface area contributed by atoms with Crippen molar-refractivity contribution >= 4 is 17.3 Å². The predicted octanol–water partition coefficient (Wildman–Crippen LogP) is 0.743. The van der Waals surface area contributed by atoms with Crippen molar-refractivity contribution in [3.05, 3.63) is 29.0 Å². The fraction of sp³-hybridized carbons (Fsp3) is 0.556. The summed E-state index contributed by atoms with van der Waals surface area (Å²) < 4.78 is 12.5. The second-order valence-corrected chi connectivity index (χ2v) is 8.05. The van der Waals surface area contributed by atoms with Crippen LogP contribution >= 0.6 is 0 Å². The molecule has 1 aliphatic rings. The standard InChI is InChI=1S/C18H24N5O5/c1-17(2,3)7-12(24)27-8-18(20-4)15(26)13(25)14(28-18)10-5-6-11-16(19)21-9-22-23(10)11/h4-6,9,13-15,25-26H,7-8H2,1-3H3,(H2,19,21,22)/q+1/t13-,14-,15-,18+/m0/s1. The minimum absolute atomic E-state index is 0.162. The van der Waals surface area contributed by atoms with E-state index in [0.717, 1.165) is 0 Å². The Morgan fingerprint density at radius 1 is 1.46 bits per heavy atom. The molecule has 3 heterocycles. The molecule has 3 rings (SSSR count). The number of fused-ring (bicyclic) bond motifs is 1.